The van der Waals surface area contributed by atoms with Gasteiger partial charge < -0.3 is 20.0 Å². The number of rotatable bonds is 5. The van der Waals surface area contributed by atoms with Crippen LogP contribution in [0.1, 0.15) is 31.2 Å². The number of allylic oxidation sites excluding steroid dienone is 4. The maximum atomic E-state index is 11.2. The van der Waals surface area contributed by atoms with Crippen LogP contribution in [0.25, 0.3) is 0 Å². The number of phenols is 1. The van der Waals surface area contributed by atoms with Crippen molar-refractivity contribution in [3.63, 3.8) is 0 Å². The molecule has 0 spiro atoms. The van der Waals surface area contributed by atoms with Gasteiger partial charge in [0.1, 0.15) is 11.5 Å². The van der Waals surface area contributed by atoms with Crippen molar-refractivity contribution in [2.24, 2.45) is 10.7 Å². The molecule has 2 unspecified atom stereocenters. The summed E-state index contributed by atoms with van der Waals surface area (Å²) >= 11 is 0. The van der Waals surface area contributed by atoms with Crippen LogP contribution in [-0.4, -0.2) is 25.7 Å². The van der Waals surface area contributed by atoms with E-state index in [2.05, 4.69) is 4.76 Å². The first-order chi connectivity index (χ1) is 10.8. The molecule has 0 bridgehead atoms. The maximum absolute atomic E-state index is 11.2. The predicted molar refractivity (Wildman–Crippen MR) is 88.6 cm³/mol. The second-order valence-corrected chi connectivity index (χ2v) is 6.70. The number of aliphatic hydroxyl groups excluding tert-OH is 1. The lowest BCUT2D eigenvalue weighted by Crippen LogP contribution is -2.20. The van der Waals surface area contributed by atoms with Gasteiger partial charge in [-0.25, -0.2) is 4.57 Å². The molecule has 23 heavy (non-hydrogen) atoms. The summed E-state index contributed by atoms with van der Waals surface area (Å²) in [5.41, 5.74) is 1.07. The fourth-order valence-corrected chi connectivity index (χ4v) is 3.23. The Morgan fingerprint density at radius 3 is 2.65 bits per heavy atom. The smallest absolute Gasteiger partial charge is 0.448 e. The van der Waals surface area contributed by atoms with Crippen LogP contribution in [0.4, 0.5) is 0 Å². The van der Waals surface area contributed by atoms with Gasteiger partial charge >= 0.3 is 7.75 Å². The number of benzene rings is 1. The number of hydrogen-bond donors (Lipinski definition) is 4. The zero-order valence-electron chi connectivity index (χ0n) is 12.7. The molecule has 1 aromatic rings. The Kier molecular flexibility index (Phi) is 5.42. The highest BCUT2D eigenvalue weighted by Gasteiger charge is 2.27. The first kappa shape index (κ1) is 17.5. The molecule has 0 heterocycles. The highest BCUT2D eigenvalue weighted by atomic mass is 31.2. The maximum Gasteiger partial charge on any atom is 0.448 e. The fourth-order valence-electron chi connectivity index (χ4n) is 2.73. The molecule has 0 saturated carbocycles. The van der Waals surface area contributed by atoms with Crippen molar-refractivity contribution < 1.29 is 24.6 Å². The van der Waals surface area contributed by atoms with Crippen LogP contribution in [0.2, 0.25) is 0 Å². The van der Waals surface area contributed by atoms with E-state index in [0.29, 0.717) is 6.42 Å². The summed E-state index contributed by atoms with van der Waals surface area (Å²) in [4.78, 5) is 18.1. The van der Waals surface area contributed by atoms with Crippen molar-refractivity contribution in [3.05, 3.63) is 53.8 Å². The lowest BCUT2D eigenvalue weighted by Gasteiger charge is -2.24. The van der Waals surface area contributed by atoms with Crippen LogP contribution in [-0.2, 0) is 4.57 Å². The van der Waals surface area contributed by atoms with Gasteiger partial charge in [0.25, 0.3) is 0 Å². The van der Waals surface area contributed by atoms with Gasteiger partial charge in [0.05, 0.1) is 11.6 Å². The summed E-state index contributed by atoms with van der Waals surface area (Å²) in [6, 6.07) is 6.87. The van der Waals surface area contributed by atoms with Crippen LogP contribution >= 0.6 is 7.75 Å². The van der Waals surface area contributed by atoms with Gasteiger partial charge in [0, 0.05) is 0 Å². The Morgan fingerprint density at radius 2 is 2.04 bits per heavy atom. The van der Waals surface area contributed by atoms with Gasteiger partial charge in [0.15, 0.2) is 0 Å². The average Bonchev–Trinajstić information content (AvgIpc) is 2.45. The van der Waals surface area contributed by atoms with Crippen LogP contribution in [0.5, 0.6) is 5.75 Å². The molecule has 0 fully saturated rings. The Morgan fingerprint density at radius 1 is 1.30 bits per heavy atom. The molecule has 1 aliphatic rings. The molecule has 1 aliphatic carbocycles. The number of aromatic hydroxyl groups is 1. The van der Waals surface area contributed by atoms with Crippen molar-refractivity contribution in [2.75, 3.05) is 0 Å². The van der Waals surface area contributed by atoms with E-state index in [1.54, 1.807) is 18.2 Å². The zero-order valence-corrected chi connectivity index (χ0v) is 13.6. The molecule has 4 N–H and O–H groups in total. The standard InChI is InChI=1S/C16H20NO5P/c1-2-11(12-5-3-6-13(18)9-12)10-14-15(17-23(20,21)22)7-4-8-16(14)19/h3-9,11,14,18-19H,2,10H2,1H3,(H2,20,21,22). The van der Waals surface area contributed by atoms with E-state index >= 15 is 0 Å². The summed E-state index contributed by atoms with van der Waals surface area (Å²) in [5.74, 6) is -0.386. The third-order valence-corrected chi connectivity index (χ3v) is 4.34. The minimum atomic E-state index is -4.57. The topological polar surface area (TPSA) is 110 Å². The number of hydrogen-bond acceptors (Lipinski definition) is 3. The Labute approximate surface area is 134 Å². The first-order valence-electron chi connectivity index (χ1n) is 7.32. The average molecular weight is 337 g/mol. The van der Waals surface area contributed by atoms with Crippen molar-refractivity contribution in [2.45, 2.75) is 25.7 Å². The quantitative estimate of drug-likeness (QED) is 0.615. The first-order valence-corrected chi connectivity index (χ1v) is 8.88. The molecule has 0 radical (unpaired) electrons. The SMILES string of the molecule is CCC(CC1C(O)=CC=CC1=NP(=O)(O)O)c1cccc(O)c1. The monoisotopic (exact) mass is 337 g/mol. The molecule has 2 atom stereocenters. The van der Waals surface area contributed by atoms with Crippen molar-refractivity contribution in [1.82, 2.24) is 0 Å². The van der Waals surface area contributed by atoms with Gasteiger partial charge in [-0.2, -0.15) is 4.76 Å². The predicted octanol–water partition coefficient (Wildman–Crippen LogP) is 3.44. The summed E-state index contributed by atoms with van der Waals surface area (Å²) in [7, 11) is -4.57. The van der Waals surface area contributed by atoms with E-state index in [1.807, 2.05) is 13.0 Å². The Balaban J connectivity index is 2.30. The van der Waals surface area contributed by atoms with E-state index in [-0.39, 0.29) is 23.1 Å². The molecule has 2 rings (SSSR count). The third kappa shape index (κ3) is 4.79. The van der Waals surface area contributed by atoms with Gasteiger partial charge in [-0.05, 0) is 48.6 Å². The Bertz CT molecular complexity index is 704. The molecule has 7 heteroatoms. The summed E-state index contributed by atoms with van der Waals surface area (Å²) < 4.78 is 14.6. The second-order valence-electron chi connectivity index (χ2n) is 5.48. The van der Waals surface area contributed by atoms with Crippen LogP contribution in [0, 0.1) is 5.92 Å². The summed E-state index contributed by atoms with van der Waals surface area (Å²) in [6.07, 6.45) is 5.69. The van der Waals surface area contributed by atoms with E-state index in [9.17, 15) is 14.8 Å². The van der Waals surface area contributed by atoms with Crippen molar-refractivity contribution in [3.8, 4) is 5.75 Å². The van der Waals surface area contributed by atoms with E-state index in [1.165, 1.54) is 18.2 Å². The molecular formula is C16H20NO5P. The Hall–Kier alpha value is -1.88. The van der Waals surface area contributed by atoms with Crippen molar-refractivity contribution in [1.29, 1.82) is 0 Å². The number of aliphatic hydroxyl groups is 1. The molecule has 0 amide bonds. The zero-order chi connectivity index (χ0) is 17.0. The second kappa shape index (κ2) is 7.13. The van der Waals surface area contributed by atoms with E-state index < -0.39 is 13.7 Å². The lowest BCUT2D eigenvalue weighted by molar-refractivity contribution is 0.344. The summed E-state index contributed by atoms with van der Waals surface area (Å²) in [6.45, 7) is 1.98. The number of phenolic OH excluding ortho intramolecular Hbond substituents is 1. The minimum absolute atomic E-state index is 0.0103. The fraction of sp³-hybridized carbons (Fsp3) is 0.312. The minimum Gasteiger partial charge on any atom is -0.512 e. The van der Waals surface area contributed by atoms with Gasteiger partial charge in [-0.3, -0.25) is 0 Å². The van der Waals surface area contributed by atoms with Gasteiger partial charge in [-0.15, -0.1) is 0 Å². The van der Waals surface area contributed by atoms with E-state index in [4.69, 9.17) is 9.79 Å². The van der Waals surface area contributed by atoms with Gasteiger partial charge in [0.2, 0.25) is 0 Å². The van der Waals surface area contributed by atoms with E-state index in [0.717, 1.165) is 12.0 Å². The molecular weight excluding hydrogens is 317 g/mol. The molecule has 1 aromatic carbocycles. The highest BCUT2D eigenvalue weighted by Crippen LogP contribution is 2.40. The van der Waals surface area contributed by atoms with Crippen molar-refractivity contribution >= 4 is 13.5 Å². The summed E-state index contributed by atoms with van der Waals surface area (Å²) in [5, 5.41) is 19.7. The third-order valence-electron chi connectivity index (χ3n) is 3.85. The van der Waals surface area contributed by atoms with Crippen LogP contribution < -0.4 is 0 Å². The van der Waals surface area contributed by atoms with Gasteiger partial charge in [-0.1, -0.05) is 25.1 Å². The van der Waals surface area contributed by atoms with Crippen LogP contribution in [0.3, 0.4) is 0 Å². The number of nitrogens with zero attached hydrogens (tertiary/aromatic N) is 1. The lowest BCUT2D eigenvalue weighted by atomic mass is 9.82. The molecule has 0 aliphatic heterocycles. The van der Waals surface area contributed by atoms with Crippen LogP contribution in [0.15, 0.2) is 53.0 Å². The molecule has 6 nitrogen and oxygen atoms in total. The highest BCUT2D eigenvalue weighted by molar-refractivity contribution is 7.50. The molecule has 0 saturated heterocycles. The largest absolute Gasteiger partial charge is 0.512 e. The molecule has 0 aromatic heterocycles. The molecule has 124 valence electrons. The normalized spacial score (nSPS) is 21.3.